The Labute approximate surface area is 107 Å². The van der Waals surface area contributed by atoms with Gasteiger partial charge in [0.15, 0.2) is 0 Å². The second-order valence-corrected chi connectivity index (χ2v) is 4.20. The average molecular weight is 243 g/mol. The van der Waals surface area contributed by atoms with Crippen LogP contribution in [0.15, 0.2) is 42.6 Å². The maximum Gasteiger partial charge on any atom is 0.129 e. The van der Waals surface area contributed by atoms with Crippen molar-refractivity contribution in [1.29, 1.82) is 0 Å². The first-order valence-electron chi connectivity index (χ1n) is 5.99. The molecule has 0 bridgehead atoms. The van der Waals surface area contributed by atoms with Gasteiger partial charge in [0.25, 0.3) is 0 Å². The molecule has 0 spiro atoms. The van der Waals surface area contributed by atoms with E-state index in [0.717, 1.165) is 18.1 Å². The SMILES string of the molecule is Cc1nccc(NC(CO)Cc2ccccc2)n1. The molecule has 2 N–H and O–H groups in total. The van der Waals surface area contributed by atoms with Crippen molar-refractivity contribution in [3.05, 3.63) is 54.0 Å². The van der Waals surface area contributed by atoms with Crippen LogP contribution in [0, 0.1) is 6.92 Å². The van der Waals surface area contributed by atoms with Crippen molar-refractivity contribution in [1.82, 2.24) is 9.97 Å². The van der Waals surface area contributed by atoms with Crippen LogP contribution in [0.25, 0.3) is 0 Å². The Kier molecular flexibility index (Phi) is 4.25. The van der Waals surface area contributed by atoms with E-state index < -0.39 is 0 Å². The smallest absolute Gasteiger partial charge is 0.129 e. The highest BCUT2D eigenvalue weighted by Gasteiger charge is 2.09. The number of aliphatic hydroxyl groups excluding tert-OH is 1. The van der Waals surface area contributed by atoms with Gasteiger partial charge in [0.1, 0.15) is 11.6 Å². The van der Waals surface area contributed by atoms with Crippen molar-refractivity contribution in [2.45, 2.75) is 19.4 Å². The third-order valence-corrected chi connectivity index (χ3v) is 2.67. The highest BCUT2D eigenvalue weighted by Crippen LogP contribution is 2.08. The minimum Gasteiger partial charge on any atom is -0.394 e. The monoisotopic (exact) mass is 243 g/mol. The number of rotatable bonds is 5. The molecule has 0 aliphatic heterocycles. The number of hydrogen-bond donors (Lipinski definition) is 2. The largest absolute Gasteiger partial charge is 0.394 e. The van der Waals surface area contributed by atoms with Crippen molar-refractivity contribution < 1.29 is 5.11 Å². The van der Waals surface area contributed by atoms with Gasteiger partial charge in [0, 0.05) is 6.20 Å². The topological polar surface area (TPSA) is 58.0 Å². The number of benzene rings is 1. The third-order valence-electron chi connectivity index (χ3n) is 2.67. The summed E-state index contributed by atoms with van der Waals surface area (Å²) >= 11 is 0. The molecule has 1 heterocycles. The van der Waals surface area contributed by atoms with E-state index in [2.05, 4.69) is 27.4 Å². The average Bonchev–Trinajstić information content (AvgIpc) is 2.39. The van der Waals surface area contributed by atoms with Gasteiger partial charge in [-0.25, -0.2) is 9.97 Å². The maximum atomic E-state index is 9.41. The van der Waals surface area contributed by atoms with E-state index in [4.69, 9.17) is 0 Å². The summed E-state index contributed by atoms with van der Waals surface area (Å²) in [5, 5.41) is 12.6. The molecule has 2 rings (SSSR count). The molecule has 18 heavy (non-hydrogen) atoms. The molecule has 0 saturated heterocycles. The quantitative estimate of drug-likeness (QED) is 0.840. The highest BCUT2D eigenvalue weighted by atomic mass is 16.3. The summed E-state index contributed by atoms with van der Waals surface area (Å²) in [6.07, 6.45) is 2.47. The van der Waals surface area contributed by atoms with E-state index in [1.807, 2.05) is 25.1 Å². The molecule has 1 aromatic carbocycles. The van der Waals surface area contributed by atoms with E-state index in [1.165, 1.54) is 5.56 Å². The van der Waals surface area contributed by atoms with Gasteiger partial charge in [-0.1, -0.05) is 30.3 Å². The molecule has 0 radical (unpaired) electrons. The lowest BCUT2D eigenvalue weighted by molar-refractivity contribution is 0.273. The van der Waals surface area contributed by atoms with Gasteiger partial charge in [-0.2, -0.15) is 0 Å². The summed E-state index contributed by atoms with van der Waals surface area (Å²) in [5.41, 5.74) is 1.19. The van der Waals surface area contributed by atoms with Crippen molar-refractivity contribution in [3.63, 3.8) is 0 Å². The molecule has 1 aromatic heterocycles. The molecule has 1 unspecified atom stereocenters. The standard InChI is InChI=1S/C14H17N3O/c1-11-15-8-7-14(16-11)17-13(10-18)9-12-5-3-2-4-6-12/h2-8,13,18H,9-10H2,1H3,(H,15,16,17). The van der Waals surface area contributed by atoms with E-state index in [9.17, 15) is 5.11 Å². The Morgan fingerprint density at radius 1 is 1.22 bits per heavy atom. The van der Waals surface area contributed by atoms with Crippen molar-refractivity contribution in [3.8, 4) is 0 Å². The third kappa shape index (κ3) is 3.53. The first-order chi connectivity index (χ1) is 8.78. The lowest BCUT2D eigenvalue weighted by Gasteiger charge is -2.17. The lowest BCUT2D eigenvalue weighted by Crippen LogP contribution is -2.27. The van der Waals surface area contributed by atoms with E-state index >= 15 is 0 Å². The van der Waals surface area contributed by atoms with Crippen LogP contribution < -0.4 is 5.32 Å². The zero-order chi connectivity index (χ0) is 12.8. The molecule has 4 heteroatoms. The van der Waals surface area contributed by atoms with Crippen LogP contribution in [0.4, 0.5) is 5.82 Å². The fourth-order valence-electron chi connectivity index (χ4n) is 1.81. The Balaban J connectivity index is 2.01. The van der Waals surface area contributed by atoms with Gasteiger partial charge in [0.05, 0.1) is 12.6 Å². The molecular weight excluding hydrogens is 226 g/mol. The predicted molar refractivity (Wildman–Crippen MR) is 71.4 cm³/mol. The van der Waals surface area contributed by atoms with Crippen LogP contribution in [-0.2, 0) is 6.42 Å². The molecule has 0 aliphatic rings. The Morgan fingerprint density at radius 3 is 2.67 bits per heavy atom. The highest BCUT2D eigenvalue weighted by molar-refractivity contribution is 5.35. The Morgan fingerprint density at radius 2 is 2.00 bits per heavy atom. The minimum atomic E-state index is -0.0401. The summed E-state index contributed by atoms with van der Waals surface area (Å²) in [4.78, 5) is 8.31. The van der Waals surface area contributed by atoms with Crippen LogP contribution in [0.3, 0.4) is 0 Å². The maximum absolute atomic E-state index is 9.41. The summed E-state index contributed by atoms with van der Waals surface area (Å²) < 4.78 is 0. The molecule has 1 atom stereocenters. The second kappa shape index (κ2) is 6.12. The van der Waals surface area contributed by atoms with Gasteiger partial charge in [-0.15, -0.1) is 0 Å². The number of aliphatic hydroxyl groups is 1. The van der Waals surface area contributed by atoms with Gasteiger partial charge in [0.2, 0.25) is 0 Å². The molecule has 94 valence electrons. The van der Waals surface area contributed by atoms with Gasteiger partial charge in [-0.05, 0) is 25.0 Å². The van der Waals surface area contributed by atoms with Gasteiger partial charge >= 0.3 is 0 Å². The predicted octanol–water partition coefficient (Wildman–Crippen LogP) is 1.80. The fraction of sp³-hybridized carbons (Fsp3) is 0.286. The summed E-state index contributed by atoms with van der Waals surface area (Å²) in [6, 6.07) is 11.9. The number of hydrogen-bond acceptors (Lipinski definition) is 4. The van der Waals surface area contributed by atoms with Gasteiger partial charge < -0.3 is 10.4 Å². The molecule has 4 nitrogen and oxygen atoms in total. The van der Waals surface area contributed by atoms with Crippen molar-refractivity contribution >= 4 is 5.82 Å². The molecule has 0 aliphatic carbocycles. The number of nitrogens with zero attached hydrogens (tertiary/aromatic N) is 2. The summed E-state index contributed by atoms with van der Waals surface area (Å²) in [7, 11) is 0. The van der Waals surface area contributed by atoms with Crippen LogP contribution in [0.5, 0.6) is 0 Å². The normalized spacial score (nSPS) is 12.1. The van der Waals surface area contributed by atoms with E-state index in [-0.39, 0.29) is 12.6 Å². The number of nitrogens with one attached hydrogen (secondary N) is 1. The molecule has 0 saturated carbocycles. The Hall–Kier alpha value is -1.94. The van der Waals surface area contributed by atoms with Crippen molar-refractivity contribution in [2.24, 2.45) is 0 Å². The molecule has 0 fully saturated rings. The van der Waals surface area contributed by atoms with E-state index in [0.29, 0.717) is 0 Å². The number of aryl methyl sites for hydroxylation is 1. The molecule has 2 aromatic rings. The first kappa shape index (κ1) is 12.5. The zero-order valence-electron chi connectivity index (χ0n) is 10.4. The van der Waals surface area contributed by atoms with Crippen LogP contribution in [0.1, 0.15) is 11.4 Å². The summed E-state index contributed by atoms with van der Waals surface area (Å²) in [5.74, 6) is 1.47. The van der Waals surface area contributed by atoms with Crippen molar-refractivity contribution in [2.75, 3.05) is 11.9 Å². The first-order valence-corrected chi connectivity index (χ1v) is 5.99. The van der Waals surface area contributed by atoms with E-state index in [1.54, 1.807) is 12.3 Å². The minimum absolute atomic E-state index is 0.0401. The molecular formula is C14H17N3O. The zero-order valence-corrected chi connectivity index (χ0v) is 10.4. The summed E-state index contributed by atoms with van der Waals surface area (Å²) in [6.45, 7) is 1.91. The number of aromatic nitrogens is 2. The van der Waals surface area contributed by atoms with Gasteiger partial charge in [-0.3, -0.25) is 0 Å². The number of anilines is 1. The Bertz CT molecular complexity index is 487. The second-order valence-electron chi connectivity index (χ2n) is 4.20. The van der Waals surface area contributed by atoms with Crippen LogP contribution >= 0.6 is 0 Å². The van der Waals surface area contributed by atoms with Crippen LogP contribution in [-0.4, -0.2) is 27.7 Å². The molecule has 0 amide bonds. The lowest BCUT2D eigenvalue weighted by atomic mass is 10.1. The fourth-order valence-corrected chi connectivity index (χ4v) is 1.81. The van der Waals surface area contributed by atoms with Crippen LogP contribution in [0.2, 0.25) is 0 Å².